The summed E-state index contributed by atoms with van der Waals surface area (Å²) in [6, 6.07) is 11.7. The molecular weight excluding hydrogens is 424 g/mol. The number of hydrogen-bond acceptors (Lipinski definition) is 10. The van der Waals surface area contributed by atoms with Gasteiger partial charge in [0.15, 0.2) is 0 Å². The summed E-state index contributed by atoms with van der Waals surface area (Å²) in [6.07, 6.45) is -9.33. The third-order valence-corrected chi connectivity index (χ3v) is 5.68. The molecule has 2 aliphatic rings. The van der Waals surface area contributed by atoms with Crippen LogP contribution in [0.5, 0.6) is 17.2 Å². The maximum absolute atomic E-state index is 10.6. The zero-order valence-corrected chi connectivity index (χ0v) is 17.2. The Bertz CT molecular complexity index is 920. The quantitative estimate of drug-likeness (QED) is 0.310. The summed E-state index contributed by atoms with van der Waals surface area (Å²) in [5, 5.41) is 60.4. The number of phenolic OH excluding ortho intramolecular Hbond substituents is 1. The molecule has 6 N–H and O–H groups in total. The summed E-state index contributed by atoms with van der Waals surface area (Å²) in [6.45, 7) is -0.595. The highest BCUT2D eigenvalue weighted by Gasteiger charge is 2.49. The molecule has 8 atom stereocenters. The molecule has 174 valence electrons. The number of benzene rings is 2. The third-order valence-electron chi connectivity index (χ3n) is 5.68. The van der Waals surface area contributed by atoms with Gasteiger partial charge in [-0.1, -0.05) is 30.3 Å². The highest BCUT2D eigenvalue weighted by Crippen LogP contribution is 2.52. The molecule has 0 aromatic heterocycles. The van der Waals surface area contributed by atoms with Gasteiger partial charge in [-0.05, 0) is 5.56 Å². The summed E-state index contributed by atoms with van der Waals surface area (Å²) < 4.78 is 21.9. The maximum Gasteiger partial charge on any atom is 0.229 e. The zero-order chi connectivity index (χ0) is 23.0. The Morgan fingerprint density at radius 2 is 1.72 bits per heavy atom. The van der Waals surface area contributed by atoms with E-state index in [1.807, 2.05) is 6.07 Å². The fraction of sp³-hybridized carbons (Fsp3) is 0.455. The average Bonchev–Trinajstić information content (AvgIpc) is 3.59. The Labute approximate surface area is 183 Å². The molecule has 10 heteroatoms. The highest BCUT2D eigenvalue weighted by molar-refractivity contribution is 5.53. The molecule has 2 heterocycles. The molecule has 2 saturated heterocycles. The second kappa shape index (κ2) is 9.20. The maximum atomic E-state index is 10.6. The van der Waals surface area contributed by atoms with E-state index in [2.05, 4.69) is 0 Å². The minimum Gasteiger partial charge on any atom is -0.507 e. The second-order valence-corrected chi connectivity index (χ2v) is 7.75. The monoisotopic (exact) mass is 450 g/mol. The van der Waals surface area contributed by atoms with Crippen LogP contribution in [0, 0.1) is 0 Å². The molecule has 4 rings (SSSR count). The van der Waals surface area contributed by atoms with E-state index in [4.69, 9.17) is 18.9 Å². The first-order chi connectivity index (χ1) is 15.3. The number of aliphatic hydroxyl groups is 5. The van der Waals surface area contributed by atoms with Crippen LogP contribution in [0.4, 0.5) is 0 Å². The predicted molar refractivity (Wildman–Crippen MR) is 108 cm³/mol. The van der Waals surface area contributed by atoms with Gasteiger partial charge in [0.1, 0.15) is 60.0 Å². The van der Waals surface area contributed by atoms with Crippen molar-refractivity contribution in [3.8, 4) is 17.2 Å². The van der Waals surface area contributed by atoms with Gasteiger partial charge in [0.2, 0.25) is 6.29 Å². The zero-order valence-electron chi connectivity index (χ0n) is 17.2. The predicted octanol–water partition coefficient (Wildman–Crippen LogP) is -0.247. The minimum absolute atomic E-state index is 0.0493. The lowest BCUT2D eigenvalue weighted by atomic mass is 9.99. The van der Waals surface area contributed by atoms with Crippen LogP contribution in [0.2, 0.25) is 0 Å². The molecule has 0 bridgehead atoms. The van der Waals surface area contributed by atoms with Crippen LogP contribution < -0.4 is 9.47 Å². The molecular formula is C22H26O10. The van der Waals surface area contributed by atoms with Crippen LogP contribution in [0.25, 0.3) is 0 Å². The SMILES string of the molecule is COc1cc(O[C@@H]2O[C@H](CO)[C@@H](O)[C@H](O)[C@H]2O)cc(O)c1[C@@H]1O[C@H]1[C@@H](O)c1ccccc1. The van der Waals surface area contributed by atoms with Gasteiger partial charge in [0.05, 0.1) is 19.3 Å². The normalized spacial score (nSPS) is 32.9. The third kappa shape index (κ3) is 4.26. The van der Waals surface area contributed by atoms with Gasteiger partial charge in [-0.3, -0.25) is 0 Å². The number of hydrogen-bond donors (Lipinski definition) is 6. The molecule has 2 fully saturated rings. The van der Waals surface area contributed by atoms with Gasteiger partial charge in [-0.15, -0.1) is 0 Å². The van der Waals surface area contributed by atoms with Crippen LogP contribution in [0.15, 0.2) is 42.5 Å². The van der Waals surface area contributed by atoms with Crippen molar-refractivity contribution >= 4 is 0 Å². The van der Waals surface area contributed by atoms with E-state index in [1.54, 1.807) is 24.3 Å². The summed E-state index contributed by atoms with van der Waals surface area (Å²) in [5.74, 6) is 0.0438. The van der Waals surface area contributed by atoms with Crippen LogP contribution in [0.1, 0.15) is 23.3 Å². The fourth-order valence-corrected chi connectivity index (χ4v) is 3.85. The Morgan fingerprint density at radius 1 is 1.00 bits per heavy atom. The molecule has 2 aliphatic heterocycles. The summed E-state index contributed by atoms with van der Waals surface area (Å²) in [5.41, 5.74) is 1.01. The molecule has 0 amide bonds. The lowest BCUT2D eigenvalue weighted by Crippen LogP contribution is -2.60. The van der Waals surface area contributed by atoms with Crippen molar-refractivity contribution < 1.29 is 49.6 Å². The lowest BCUT2D eigenvalue weighted by Gasteiger charge is -2.39. The largest absolute Gasteiger partial charge is 0.507 e. The van der Waals surface area contributed by atoms with E-state index in [0.717, 1.165) is 0 Å². The molecule has 10 nitrogen and oxygen atoms in total. The van der Waals surface area contributed by atoms with Gasteiger partial charge in [0.25, 0.3) is 0 Å². The Morgan fingerprint density at radius 3 is 2.38 bits per heavy atom. The van der Waals surface area contributed by atoms with E-state index in [1.165, 1.54) is 19.2 Å². The van der Waals surface area contributed by atoms with E-state index in [-0.39, 0.29) is 17.2 Å². The number of methoxy groups -OCH3 is 1. The smallest absolute Gasteiger partial charge is 0.229 e. The second-order valence-electron chi connectivity index (χ2n) is 7.75. The summed E-state index contributed by atoms with van der Waals surface area (Å²) in [7, 11) is 1.39. The Balaban J connectivity index is 1.52. The number of rotatable bonds is 7. The van der Waals surface area contributed by atoms with Gasteiger partial charge in [0, 0.05) is 12.1 Å². The molecule has 0 saturated carbocycles. The van der Waals surface area contributed by atoms with Gasteiger partial charge >= 0.3 is 0 Å². The van der Waals surface area contributed by atoms with Crippen molar-refractivity contribution in [3.63, 3.8) is 0 Å². The van der Waals surface area contributed by atoms with Crippen molar-refractivity contribution in [1.82, 2.24) is 0 Å². The first-order valence-corrected chi connectivity index (χ1v) is 10.1. The van der Waals surface area contributed by atoms with Crippen LogP contribution in [-0.2, 0) is 9.47 Å². The number of aromatic hydroxyl groups is 1. The summed E-state index contributed by atoms with van der Waals surface area (Å²) >= 11 is 0. The number of epoxide rings is 1. The van der Waals surface area contributed by atoms with Crippen molar-refractivity contribution in [3.05, 3.63) is 53.6 Å². The van der Waals surface area contributed by atoms with Crippen LogP contribution in [-0.4, -0.2) is 81.2 Å². The molecule has 0 aliphatic carbocycles. The molecule has 0 unspecified atom stereocenters. The highest BCUT2D eigenvalue weighted by atomic mass is 16.7. The molecule has 2 aromatic rings. The molecule has 32 heavy (non-hydrogen) atoms. The van der Waals surface area contributed by atoms with Gasteiger partial charge < -0.3 is 49.6 Å². The average molecular weight is 450 g/mol. The first kappa shape index (κ1) is 22.7. The number of ether oxygens (including phenoxy) is 4. The number of phenols is 1. The van der Waals surface area contributed by atoms with Crippen molar-refractivity contribution in [1.29, 1.82) is 0 Å². The van der Waals surface area contributed by atoms with E-state index >= 15 is 0 Å². The van der Waals surface area contributed by atoms with Gasteiger partial charge in [-0.2, -0.15) is 0 Å². The summed E-state index contributed by atoms with van der Waals surface area (Å²) in [4.78, 5) is 0. The first-order valence-electron chi connectivity index (χ1n) is 10.1. The van der Waals surface area contributed by atoms with Crippen molar-refractivity contribution in [2.45, 2.75) is 49.0 Å². The number of aliphatic hydroxyl groups excluding tert-OH is 5. The van der Waals surface area contributed by atoms with Crippen LogP contribution >= 0.6 is 0 Å². The Hall–Kier alpha value is -2.44. The lowest BCUT2D eigenvalue weighted by molar-refractivity contribution is -0.277. The van der Waals surface area contributed by atoms with E-state index < -0.39 is 55.6 Å². The molecule has 0 radical (unpaired) electrons. The van der Waals surface area contributed by atoms with Gasteiger partial charge in [-0.25, -0.2) is 0 Å². The standard InChI is InChI=1S/C22H26O10/c1-29-13-8-11(30-22-19(28)18(27)17(26)14(9-23)31-22)7-12(24)15(13)20-21(32-20)16(25)10-5-3-2-4-6-10/h2-8,14,16-28H,9H2,1H3/t14-,16+,17-,18+,19-,20+,21+,22-/m1/s1. The van der Waals surface area contributed by atoms with Crippen LogP contribution in [0.3, 0.4) is 0 Å². The fourth-order valence-electron chi connectivity index (χ4n) is 3.85. The molecule has 0 spiro atoms. The van der Waals surface area contributed by atoms with Crippen molar-refractivity contribution in [2.24, 2.45) is 0 Å². The van der Waals surface area contributed by atoms with E-state index in [9.17, 15) is 30.6 Å². The van der Waals surface area contributed by atoms with Crippen molar-refractivity contribution in [2.75, 3.05) is 13.7 Å². The van der Waals surface area contributed by atoms with E-state index in [0.29, 0.717) is 11.1 Å². The molecule has 2 aromatic carbocycles. The topological polar surface area (TPSA) is 162 Å². The minimum atomic E-state index is -1.60. The Kier molecular flexibility index (Phi) is 6.54.